The van der Waals surface area contributed by atoms with Crippen molar-refractivity contribution >= 4 is 17.4 Å². The van der Waals surface area contributed by atoms with E-state index in [-0.39, 0.29) is 6.03 Å². The lowest BCUT2D eigenvalue weighted by Gasteiger charge is -2.23. The van der Waals surface area contributed by atoms with E-state index in [4.69, 9.17) is 0 Å². The number of nitrogens with one attached hydrogen (secondary N) is 3. The Kier molecular flexibility index (Phi) is 4.45. The van der Waals surface area contributed by atoms with Crippen molar-refractivity contribution in [3.8, 4) is 0 Å². The Morgan fingerprint density at radius 3 is 2.28 bits per heavy atom. The van der Waals surface area contributed by atoms with Crippen molar-refractivity contribution < 1.29 is 4.79 Å². The maximum absolute atomic E-state index is 11.1. The number of benzene rings is 1. The normalized spacial score (nSPS) is 16.1. The first-order valence-electron chi connectivity index (χ1n) is 6.63. The predicted octanol–water partition coefficient (Wildman–Crippen LogP) is 3.18. The van der Waals surface area contributed by atoms with Gasteiger partial charge in [0.05, 0.1) is 0 Å². The van der Waals surface area contributed by atoms with Crippen LogP contribution < -0.4 is 16.0 Å². The molecule has 0 radical (unpaired) electrons. The summed E-state index contributed by atoms with van der Waals surface area (Å²) in [5, 5.41) is 8.82. The summed E-state index contributed by atoms with van der Waals surface area (Å²) in [5.74, 6) is 0. The van der Waals surface area contributed by atoms with Gasteiger partial charge in [-0.2, -0.15) is 0 Å². The van der Waals surface area contributed by atoms with Gasteiger partial charge in [0.2, 0.25) is 0 Å². The summed E-state index contributed by atoms with van der Waals surface area (Å²) < 4.78 is 0. The molecule has 18 heavy (non-hydrogen) atoms. The Balaban J connectivity index is 1.88. The molecule has 0 saturated heterocycles. The van der Waals surface area contributed by atoms with Crippen LogP contribution in [0.3, 0.4) is 0 Å². The van der Waals surface area contributed by atoms with Crippen LogP contribution in [-0.2, 0) is 0 Å². The summed E-state index contributed by atoms with van der Waals surface area (Å²) in [6.07, 6.45) is 6.55. The maximum atomic E-state index is 11.1. The van der Waals surface area contributed by atoms with Crippen LogP contribution in [0.1, 0.15) is 32.1 Å². The highest BCUT2D eigenvalue weighted by Gasteiger charge is 2.12. The highest BCUT2D eigenvalue weighted by Crippen LogP contribution is 2.22. The number of anilines is 2. The summed E-state index contributed by atoms with van der Waals surface area (Å²) >= 11 is 0. The zero-order chi connectivity index (χ0) is 12.8. The number of carbonyl (C=O) groups is 1. The number of hydrogen-bond acceptors (Lipinski definition) is 2. The average molecular weight is 247 g/mol. The van der Waals surface area contributed by atoms with Crippen LogP contribution in [0.15, 0.2) is 24.3 Å². The fourth-order valence-corrected chi connectivity index (χ4v) is 2.33. The molecule has 1 aliphatic rings. The molecule has 0 bridgehead atoms. The van der Waals surface area contributed by atoms with Crippen LogP contribution in [0.5, 0.6) is 0 Å². The molecule has 0 heterocycles. The summed E-state index contributed by atoms with van der Waals surface area (Å²) in [5.41, 5.74) is 1.94. The number of urea groups is 1. The van der Waals surface area contributed by atoms with Crippen molar-refractivity contribution in [3.05, 3.63) is 24.3 Å². The second-order valence-corrected chi connectivity index (χ2v) is 4.76. The van der Waals surface area contributed by atoms with Crippen LogP contribution in [0, 0.1) is 0 Å². The van der Waals surface area contributed by atoms with E-state index in [1.807, 2.05) is 24.3 Å². The van der Waals surface area contributed by atoms with Crippen molar-refractivity contribution in [2.45, 2.75) is 38.1 Å². The molecule has 1 aromatic rings. The Morgan fingerprint density at radius 1 is 1.06 bits per heavy atom. The molecule has 1 aliphatic carbocycles. The minimum atomic E-state index is -0.192. The van der Waals surface area contributed by atoms with Crippen molar-refractivity contribution in [2.24, 2.45) is 0 Å². The second-order valence-electron chi connectivity index (χ2n) is 4.76. The van der Waals surface area contributed by atoms with Crippen molar-refractivity contribution in [2.75, 3.05) is 17.7 Å². The SMILES string of the molecule is CNC(=O)Nc1ccc(NC2CCCCC2)cc1. The van der Waals surface area contributed by atoms with Gasteiger partial charge in [0.1, 0.15) is 0 Å². The van der Waals surface area contributed by atoms with Gasteiger partial charge in [-0.25, -0.2) is 4.79 Å². The quantitative estimate of drug-likeness (QED) is 0.768. The molecular weight excluding hydrogens is 226 g/mol. The van der Waals surface area contributed by atoms with E-state index in [0.29, 0.717) is 6.04 Å². The average Bonchev–Trinajstić information content (AvgIpc) is 2.42. The molecule has 2 rings (SSSR count). The molecule has 2 amide bonds. The number of carbonyl (C=O) groups excluding carboxylic acids is 1. The van der Waals surface area contributed by atoms with E-state index in [0.717, 1.165) is 11.4 Å². The Hall–Kier alpha value is -1.71. The molecule has 1 saturated carbocycles. The molecule has 0 aromatic heterocycles. The first-order chi connectivity index (χ1) is 8.78. The molecule has 0 aliphatic heterocycles. The minimum absolute atomic E-state index is 0.192. The molecule has 0 spiro atoms. The summed E-state index contributed by atoms with van der Waals surface area (Å²) in [6, 6.07) is 8.28. The number of hydrogen-bond donors (Lipinski definition) is 3. The summed E-state index contributed by atoms with van der Waals surface area (Å²) in [7, 11) is 1.61. The third-order valence-corrected chi connectivity index (χ3v) is 3.35. The zero-order valence-electron chi connectivity index (χ0n) is 10.8. The molecule has 98 valence electrons. The molecule has 0 atom stereocenters. The van der Waals surface area contributed by atoms with Gasteiger partial charge in [0.25, 0.3) is 0 Å². The Morgan fingerprint density at radius 2 is 1.67 bits per heavy atom. The smallest absolute Gasteiger partial charge is 0.318 e. The fourth-order valence-electron chi connectivity index (χ4n) is 2.33. The molecule has 1 fully saturated rings. The second kappa shape index (κ2) is 6.28. The first kappa shape index (κ1) is 12.7. The monoisotopic (exact) mass is 247 g/mol. The number of rotatable bonds is 3. The summed E-state index contributed by atoms with van der Waals surface area (Å²) in [6.45, 7) is 0. The molecule has 4 nitrogen and oxygen atoms in total. The fraction of sp³-hybridized carbons (Fsp3) is 0.500. The van der Waals surface area contributed by atoms with Gasteiger partial charge in [-0.15, -0.1) is 0 Å². The lowest BCUT2D eigenvalue weighted by atomic mass is 9.95. The predicted molar refractivity (Wildman–Crippen MR) is 75.0 cm³/mol. The van der Waals surface area contributed by atoms with E-state index in [9.17, 15) is 4.79 Å². The van der Waals surface area contributed by atoms with E-state index < -0.39 is 0 Å². The lowest BCUT2D eigenvalue weighted by Crippen LogP contribution is -2.24. The molecule has 0 unspecified atom stereocenters. The largest absolute Gasteiger partial charge is 0.382 e. The molecule has 4 heteroatoms. The zero-order valence-corrected chi connectivity index (χ0v) is 10.8. The van der Waals surface area contributed by atoms with Crippen LogP contribution in [0.4, 0.5) is 16.2 Å². The third-order valence-electron chi connectivity index (χ3n) is 3.35. The van der Waals surface area contributed by atoms with E-state index in [1.54, 1.807) is 7.05 Å². The van der Waals surface area contributed by atoms with E-state index in [2.05, 4.69) is 16.0 Å². The van der Waals surface area contributed by atoms with Gasteiger partial charge in [0, 0.05) is 24.5 Å². The van der Waals surface area contributed by atoms with E-state index in [1.165, 1.54) is 32.1 Å². The Bertz CT molecular complexity index is 383. The highest BCUT2D eigenvalue weighted by atomic mass is 16.2. The van der Waals surface area contributed by atoms with E-state index >= 15 is 0 Å². The van der Waals surface area contributed by atoms with Crippen molar-refractivity contribution in [1.82, 2.24) is 5.32 Å². The van der Waals surface area contributed by atoms with Crippen LogP contribution in [0.25, 0.3) is 0 Å². The summed E-state index contributed by atoms with van der Waals surface area (Å²) in [4.78, 5) is 11.1. The van der Waals surface area contributed by atoms with Gasteiger partial charge in [-0.3, -0.25) is 0 Å². The lowest BCUT2D eigenvalue weighted by molar-refractivity contribution is 0.254. The standard InChI is InChI=1S/C14H21N3O/c1-15-14(18)17-13-9-7-12(8-10-13)16-11-5-3-2-4-6-11/h7-11,16H,2-6H2,1H3,(H2,15,17,18). The molecular formula is C14H21N3O. The van der Waals surface area contributed by atoms with Crippen molar-refractivity contribution in [3.63, 3.8) is 0 Å². The van der Waals surface area contributed by atoms with Crippen molar-refractivity contribution in [1.29, 1.82) is 0 Å². The van der Waals surface area contributed by atoms with Gasteiger partial charge >= 0.3 is 6.03 Å². The highest BCUT2D eigenvalue weighted by molar-refractivity contribution is 5.89. The van der Waals surface area contributed by atoms with Gasteiger partial charge in [0.15, 0.2) is 0 Å². The van der Waals surface area contributed by atoms with Gasteiger partial charge in [-0.05, 0) is 37.1 Å². The number of amides is 2. The first-order valence-corrected chi connectivity index (χ1v) is 6.63. The van der Waals surface area contributed by atoms with Crippen LogP contribution in [-0.4, -0.2) is 19.1 Å². The maximum Gasteiger partial charge on any atom is 0.318 e. The van der Waals surface area contributed by atoms with Crippen LogP contribution >= 0.6 is 0 Å². The third kappa shape index (κ3) is 3.65. The van der Waals surface area contributed by atoms with Gasteiger partial charge in [-0.1, -0.05) is 19.3 Å². The molecule has 3 N–H and O–H groups in total. The minimum Gasteiger partial charge on any atom is -0.382 e. The Labute approximate surface area is 108 Å². The molecule has 1 aromatic carbocycles. The topological polar surface area (TPSA) is 53.2 Å². The van der Waals surface area contributed by atoms with Gasteiger partial charge < -0.3 is 16.0 Å². The van der Waals surface area contributed by atoms with Crippen LogP contribution in [0.2, 0.25) is 0 Å².